The molecule has 2 heterocycles. The summed E-state index contributed by atoms with van der Waals surface area (Å²) in [6.07, 6.45) is 0. The van der Waals surface area contributed by atoms with Gasteiger partial charge in [0.15, 0.2) is 0 Å². The average Bonchev–Trinajstić information content (AvgIpc) is 3.35. The van der Waals surface area contributed by atoms with Gasteiger partial charge >= 0.3 is 0 Å². The molecule has 1 amide bonds. The lowest BCUT2D eigenvalue weighted by atomic mass is 9.81. The maximum atomic E-state index is 13.8. The second kappa shape index (κ2) is 7.92. The maximum Gasteiger partial charge on any atom is 0.262 e. The first kappa shape index (κ1) is 19.4. The summed E-state index contributed by atoms with van der Waals surface area (Å²) in [5.74, 6) is 0.908. The lowest BCUT2D eigenvalue weighted by molar-refractivity contribution is -0.113. The number of carbonyl (C=O) groups is 1. The van der Waals surface area contributed by atoms with Crippen molar-refractivity contribution >= 4 is 17.2 Å². The molecule has 0 bridgehead atoms. The largest absolute Gasteiger partial charge is 0.496 e. The lowest BCUT2D eigenvalue weighted by Gasteiger charge is -2.20. The zero-order valence-electron chi connectivity index (χ0n) is 17.6. The Kier molecular flexibility index (Phi) is 4.95. The molecule has 2 aliphatic rings. The molecule has 1 saturated heterocycles. The normalized spacial score (nSPS) is 22.4. The van der Waals surface area contributed by atoms with E-state index in [1.165, 1.54) is 0 Å². The third-order valence-electron chi connectivity index (χ3n) is 6.25. The van der Waals surface area contributed by atoms with Gasteiger partial charge < -0.3 is 9.64 Å². The number of anilines is 1. The predicted octanol–water partition coefficient (Wildman–Crippen LogP) is 5.95. The van der Waals surface area contributed by atoms with Crippen LogP contribution in [0, 0.1) is 5.92 Å². The van der Waals surface area contributed by atoms with Gasteiger partial charge in [-0.25, -0.2) is 0 Å². The molecule has 3 aromatic rings. The number of fused-ring (bicyclic) bond motifs is 1. The van der Waals surface area contributed by atoms with Gasteiger partial charge in [0.05, 0.1) is 30.3 Å². The molecule has 0 aliphatic carbocycles. The van der Waals surface area contributed by atoms with Crippen molar-refractivity contribution in [3.05, 3.63) is 120 Å². The van der Waals surface area contributed by atoms with E-state index in [0.717, 1.165) is 33.7 Å². The molecule has 3 aromatic carbocycles. The molecule has 3 nitrogen and oxygen atoms in total. The van der Waals surface area contributed by atoms with Crippen LogP contribution in [0.25, 0.3) is 5.57 Å². The van der Waals surface area contributed by atoms with E-state index < -0.39 is 0 Å². The van der Waals surface area contributed by atoms with Crippen molar-refractivity contribution in [2.24, 2.45) is 5.92 Å². The van der Waals surface area contributed by atoms with E-state index in [4.69, 9.17) is 4.74 Å². The highest BCUT2D eigenvalue weighted by Gasteiger charge is 2.43. The van der Waals surface area contributed by atoms with Crippen LogP contribution in [-0.4, -0.2) is 12.5 Å². The number of nitrogens with zero attached hydrogens (tertiary/aromatic N) is 1. The van der Waals surface area contributed by atoms with Crippen molar-refractivity contribution in [3.63, 3.8) is 0 Å². The molecule has 154 valence electrons. The molecule has 0 spiro atoms. The van der Waals surface area contributed by atoms with E-state index >= 15 is 0 Å². The van der Waals surface area contributed by atoms with Gasteiger partial charge in [-0.05, 0) is 24.1 Å². The van der Waals surface area contributed by atoms with Gasteiger partial charge in [0.2, 0.25) is 0 Å². The molecule has 3 heteroatoms. The first-order chi connectivity index (χ1) is 15.1. The molecule has 0 saturated carbocycles. The van der Waals surface area contributed by atoms with Crippen molar-refractivity contribution in [3.8, 4) is 0 Å². The molecule has 0 N–H and O–H groups in total. The quantitative estimate of drug-likeness (QED) is 0.395. The van der Waals surface area contributed by atoms with Crippen LogP contribution in [0.3, 0.4) is 0 Å². The van der Waals surface area contributed by atoms with E-state index in [9.17, 15) is 4.79 Å². The summed E-state index contributed by atoms with van der Waals surface area (Å²) < 4.78 is 6.27. The number of para-hydroxylation sites is 1. The van der Waals surface area contributed by atoms with Gasteiger partial charge in [0.25, 0.3) is 5.91 Å². The highest BCUT2D eigenvalue weighted by molar-refractivity contribution is 6.33. The monoisotopic (exact) mass is 407 g/mol. The standard InChI is InChI=1S/C28H25NO2/c1-19(2)23-18-31-27(25(23)21-13-7-4-8-14-21)26-22-15-9-10-16-24(22)29(28(26)30)17-20-11-5-3-6-12-20/h3-16,23,25H,1,17-18H2,2H3. The number of hydrogen-bond donors (Lipinski definition) is 0. The zero-order chi connectivity index (χ0) is 21.4. The topological polar surface area (TPSA) is 29.5 Å². The van der Waals surface area contributed by atoms with E-state index in [-0.39, 0.29) is 17.7 Å². The Morgan fingerprint density at radius 1 is 0.968 bits per heavy atom. The summed E-state index contributed by atoms with van der Waals surface area (Å²) in [5, 5.41) is 0. The van der Waals surface area contributed by atoms with Crippen molar-refractivity contribution < 1.29 is 9.53 Å². The Morgan fingerprint density at radius 3 is 2.32 bits per heavy atom. The fourth-order valence-corrected chi connectivity index (χ4v) is 4.69. The summed E-state index contributed by atoms with van der Waals surface area (Å²) in [5.41, 5.74) is 5.90. The minimum atomic E-state index is -0.0117. The Balaban J connectivity index is 1.64. The first-order valence-corrected chi connectivity index (χ1v) is 10.7. The Hall–Kier alpha value is -3.59. The van der Waals surface area contributed by atoms with Gasteiger partial charge in [-0.15, -0.1) is 0 Å². The minimum Gasteiger partial charge on any atom is -0.496 e. The van der Waals surface area contributed by atoms with Crippen molar-refractivity contribution in [1.82, 2.24) is 0 Å². The fraction of sp³-hybridized carbons (Fsp3) is 0.179. The Labute approximate surface area is 183 Å². The molecule has 2 unspecified atom stereocenters. The van der Waals surface area contributed by atoms with Crippen LogP contribution < -0.4 is 4.90 Å². The Bertz CT molecular complexity index is 1160. The number of ether oxygens (including phenoxy) is 1. The molecule has 0 radical (unpaired) electrons. The van der Waals surface area contributed by atoms with Gasteiger partial charge in [0, 0.05) is 11.5 Å². The van der Waals surface area contributed by atoms with Crippen molar-refractivity contribution in [2.45, 2.75) is 19.4 Å². The molecule has 0 aromatic heterocycles. The lowest BCUT2D eigenvalue weighted by Crippen LogP contribution is -2.26. The first-order valence-electron chi connectivity index (χ1n) is 10.7. The van der Waals surface area contributed by atoms with Crippen LogP contribution in [0.5, 0.6) is 0 Å². The summed E-state index contributed by atoms with van der Waals surface area (Å²) in [6, 6.07) is 28.4. The predicted molar refractivity (Wildman–Crippen MR) is 124 cm³/mol. The molecule has 2 atom stereocenters. The number of rotatable bonds is 4. The molecule has 31 heavy (non-hydrogen) atoms. The summed E-state index contributed by atoms with van der Waals surface area (Å²) >= 11 is 0. The minimum absolute atomic E-state index is 0.00310. The molecule has 2 aliphatic heterocycles. The van der Waals surface area contributed by atoms with Gasteiger partial charge in [-0.1, -0.05) is 91.0 Å². The number of hydrogen-bond acceptors (Lipinski definition) is 2. The maximum absolute atomic E-state index is 13.8. The zero-order valence-corrected chi connectivity index (χ0v) is 17.6. The third kappa shape index (κ3) is 3.36. The van der Waals surface area contributed by atoms with Crippen LogP contribution in [0.2, 0.25) is 0 Å². The van der Waals surface area contributed by atoms with E-state index in [1.807, 2.05) is 72.5 Å². The van der Waals surface area contributed by atoms with Crippen molar-refractivity contribution in [1.29, 1.82) is 0 Å². The van der Waals surface area contributed by atoms with Gasteiger partial charge in [-0.3, -0.25) is 4.79 Å². The SMILES string of the molecule is C=C(C)C1COC(=C2C(=O)N(Cc3ccccc3)c3ccccc32)C1c1ccccc1. The summed E-state index contributed by atoms with van der Waals surface area (Å²) in [6.45, 7) is 7.33. The van der Waals surface area contributed by atoms with E-state index in [1.54, 1.807) is 0 Å². The second-order valence-electron chi connectivity index (χ2n) is 8.29. The molecule has 1 fully saturated rings. The second-order valence-corrected chi connectivity index (χ2v) is 8.29. The smallest absolute Gasteiger partial charge is 0.262 e. The summed E-state index contributed by atoms with van der Waals surface area (Å²) in [7, 11) is 0. The van der Waals surface area contributed by atoms with E-state index in [2.05, 4.69) is 30.8 Å². The molecular weight excluding hydrogens is 382 g/mol. The molecule has 5 rings (SSSR count). The molecular formula is C28H25NO2. The van der Waals surface area contributed by atoms with Crippen LogP contribution >= 0.6 is 0 Å². The number of amides is 1. The van der Waals surface area contributed by atoms with Gasteiger partial charge in [-0.2, -0.15) is 0 Å². The highest BCUT2D eigenvalue weighted by Crippen LogP contribution is 2.49. The van der Waals surface area contributed by atoms with Crippen LogP contribution in [0.1, 0.15) is 29.5 Å². The number of allylic oxidation sites excluding steroid dienone is 1. The van der Waals surface area contributed by atoms with Gasteiger partial charge in [0.1, 0.15) is 5.76 Å². The van der Waals surface area contributed by atoms with Crippen LogP contribution in [0.4, 0.5) is 5.69 Å². The van der Waals surface area contributed by atoms with Crippen LogP contribution in [-0.2, 0) is 16.1 Å². The van der Waals surface area contributed by atoms with Crippen LogP contribution in [0.15, 0.2) is 103 Å². The number of benzene rings is 3. The average molecular weight is 408 g/mol. The highest BCUT2D eigenvalue weighted by atomic mass is 16.5. The van der Waals surface area contributed by atoms with E-state index in [0.29, 0.717) is 18.7 Å². The fourth-order valence-electron chi connectivity index (χ4n) is 4.69. The number of carbonyl (C=O) groups excluding carboxylic acids is 1. The third-order valence-corrected chi connectivity index (χ3v) is 6.25. The Morgan fingerprint density at radius 2 is 1.61 bits per heavy atom. The summed E-state index contributed by atoms with van der Waals surface area (Å²) in [4.78, 5) is 15.6. The van der Waals surface area contributed by atoms with Crippen molar-refractivity contribution in [2.75, 3.05) is 11.5 Å².